The summed E-state index contributed by atoms with van der Waals surface area (Å²) in [5, 5.41) is 0. The number of aryl methyl sites for hydroxylation is 3. The zero-order valence-corrected chi connectivity index (χ0v) is 99.1. The molecule has 0 radical (unpaired) electrons. The molecule has 2 aromatic rings. The summed E-state index contributed by atoms with van der Waals surface area (Å²) >= 11 is 0. The molecule has 0 amide bonds. The minimum atomic E-state index is -0.480. The Bertz CT molecular complexity index is 4130. The maximum absolute atomic E-state index is 11.5. The Balaban J connectivity index is -0.00000163. The number of terminal acetylenes is 1. The van der Waals surface area contributed by atoms with Crippen molar-refractivity contribution in [3.8, 4) is 18.1 Å². The average molecular weight is 2040 g/mol. The lowest BCUT2D eigenvalue weighted by atomic mass is 9.93. The van der Waals surface area contributed by atoms with Crippen LogP contribution in [-0.2, 0) is 84.2 Å². The highest BCUT2D eigenvalue weighted by atomic mass is 16.6. The van der Waals surface area contributed by atoms with E-state index in [1.807, 2.05) is 80.7 Å². The predicted octanol–water partition coefficient (Wildman–Crippen LogP) is 35.2. The van der Waals surface area contributed by atoms with E-state index in [4.69, 9.17) is 49.1 Å². The summed E-state index contributed by atoms with van der Waals surface area (Å²) < 4.78 is 57.9. The molecule has 16 nitrogen and oxygen atoms in total. The summed E-state index contributed by atoms with van der Waals surface area (Å²) in [6, 6.07) is 17.4. The van der Waals surface area contributed by atoms with Crippen molar-refractivity contribution in [2.24, 2.45) is 41.4 Å². The van der Waals surface area contributed by atoms with Crippen molar-refractivity contribution in [3.63, 3.8) is 0 Å². The van der Waals surface area contributed by atoms with E-state index in [9.17, 15) is 24.0 Å². The molecule has 0 saturated carbocycles. The van der Waals surface area contributed by atoms with Crippen LogP contribution in [0.5, 0.6) is 5.75 Å². The van der Waals surface area contributed by atoms with Gasteiger partial charge < -0.3 is 52.1 Å². The van der Waals surface area contributed by atoms with Crippen LogP contribution in [0.25, 0.3) is 0 Å². The van der Waals surface area contributed by atoms with E-state index in [2.05, 4.69) is 247 Å². The number of rotatable bonds is 65. The fourth-order valence-electron chi connectivity index (χ4n) is 16.4. The molecular weight excluding hydrogens is 1820 g/mol. The Labute approximate surface area is 897 Å². The van der Waals surface area contributed by atoms with Crippen LogP contribution in [0, 0.1) is 60.7 Å². The van der Waals surface area contributed by atoms with Gasteiger partial charge in [-0.3, -0.25) is 0 Å². The number of hydrogen-bond donors (Lipinski definition) is 0. The standard InChI is InChI=1S/C20H32O2.C19H32O3.C19H34O3.C19H30O2.C19H32O.C17H30O2.C16H26O3.CH4/c1-5-16-8-11-18(12-9-16)21-15-14-17(6-2)10-13-19-20(4,7-3)22-19;1-6-16(11-8-10-15(3)14-18(20)21-5)12-9-13-17-19(4,7-2)22-17;1-15(2)22-18(20)14-17(4)11-8-10-16(3)12-9-13-19(5,6)21-7;1-7-18(6)21-19(20)14-17(5)13-9-12-16(4)11-8-10-15(2)3;1-16(9-7-15-19(3,4)20-5)8-6-10-18-13-11-17(2)12-14-18;1-6-19-17(18)13-16(5)12-8-11-15(4)10-7-9-14(2)3;1-12(8-6-10-15-14(3)19-15)7-5-9-13(2)11-16(17)18-4;/h8-9,11-12,17,19H,5-7,10,13-15H2,1-4H3;11,14,17H,6-10,12-13H2,1-5H3;8,11,14-16H,9-10,12-13H2,1-7H3;1,9,13-16,18H,8,10-12H2,2-6H3;11-14,16H,6-10,15H2,1-5H3;8,12-15H,6-7,9-11H2,1-5H3;7,11,14-15H,5-6,8-10H2,1-4H3;1H4/b;15-14+,16-11+;11-8+,17-14+;13-9+,17-14+;;12-8+,16-13+;12-7+,13-11+;. The molecule has 0 N–H and O–H groups in total. The van der Waals surface area contributed by atoms with Crippen LogP contribution < -0.4 is 4.74 Å². The van der Waals surface area contributed by atoms with E-state index in [-0.39, 0.29) is 65.8 Å². The van der Waals surface area contributed by atoms with Crippen LogP contribution in [0.3, 0.4) is 0 Å². The lowest BCUT2D eigenvalue weighted by molar-refractivity contribution is -0.141. The zero-order chi connectivity index (χ0) is 110. The molecule has 3 saturated heterocycles. The van der Waals surface area contributed by atoms with E-state index < -0.39 is 6.10 Å². The maximum atomic E-state index is 11.5. The first-order valence-corrected chi connectivity index (χ1v) is 56.3. The number of carbonyl (C=O) groups excluding carboxylic acids is 5. The van der Waals surface area contributed by atoms with Gasteiger partial charge >= 0.3 is 29.8 Å². The highest BCUT2D eigenvalue weighted by molar-refractivity contribution is 5.85. The molecule has 3 aliphatic rings. The SMILES string of the molecule is C.C#CC(C)OC(=O)/C=C(C)/C=C/CC(C)CCCC(C)C.CC/C(=C\CC/C(C)=C/C(=O)OC)CCCC1OC1(C)CC.CCOC(=O)/C=C(C)/C=C/CC(C)CCCC(C)C.CCc1ccc(OCCC(CC)CCC2OC2(C)CC)cc1.COC(=O)/C=C(\C)CC/C=C(\C)CCCC1OC1C.COC(C)(C)CCCC(C)C/C=C/C(C)=C/C(=O)OC(C)C.COC(C)(C)CCCC(C)CCCc1ccc(C)cc1. The number of carbonyl (C=O) groups is 5. The summed E-state index contributed by atoms with van der Waals surface area (Å²) in [5.74, 6) is 7.12. The molecular formula is C130H220O16. The van der Waals surface area contributed by atoms with Crippen molar-refractivity contribution >= 4 is 29.8 Å². The largest absolute Gasteiger partial charge is 0.494 e. The monoisotopic (exact) mass is 2040 g/mol. The van der Waals surface area contributed by atoms with Gasteiger partial charge in [-0.05, 0) is 360 Å². The first kappa shape index (κ1) is 142. The Morgan fingerprint density at radius 1 is 0.479 bits per heavy atom. The number of epoxide rings is 3. The third-order valence-electron chi connectivity index (χ3n) is 27.7. The van der Waals surface area contributed by atoms with E-state index in [0.29, 0.717) is 48.8 Å². The molecule has 2 aromatic carbocycles. The van der Waals surface area contributed by atoms with E-state index >= 15 is 0 Å². The lowest BCUT2D eigenvalue weighted by Crippen LogP contribution is -2.22. The van der Waals surface area contributed by atoms with Crippen LogP contribution in [0.2, 0.25) is 0 Å². The van der Waals surface area contributed by atoms with Gasteiger partial charge in [-0.1, -0.05) is 293 Å². The number of allylic oxidation sites excluding steroid dienone is 15. The fraction of sp³-hybridized carbons (Fsp3) is 0.700. The number of esters is 5. The molecule has 3 heterocycles. The van der Waals surface area contributed by atoms with Crippen LogP contribution in [-0.4, -0.2) is 131 Å². The summed E-state index contributed by atoms with van der Waals surface area (Å²) in [6.45, 7) is 67.0. The molecule has 836 valence electrons. The molecule has 146 heavy (non-hydrogen) atoms. The van der Waals surface area contributed by atoms with Crippen molar-refractivity contribution in [3.05, 3.63) is 183 Å². The second-order valence-electron chi connectivity index (χ2n) is 44.3. The average Bonchev–Trinajstić information content (AvgIpc) is 1.63. The molecule has 0 aromatic heterocycles. The third kappa shape index (κ3) is 80.3. The summed E-state index contributed by atoms with van der Waals surface area (Å²) in [4.78, 5) is 56.4. The summed E-state index contributed by atoms with van der Waals surface area (Å²) in [6.07, 6.45) is 73.4. The topological polar surface area (TPSA) is 197 Å². The Morgan fingerprint density at radius 2 is 0.911 bits per heavy atom. The lowest BCUT2D eigenvalue weighted by Gasteiger charge is -2.23. The zero-order valence-electron chi connectivity index (χ0n) is 99.1. The molecule has 16 heteroatoms. The molecule has 12 atom stereocenters. The van der Waals surface area contributed by atoms with E-state index in [0.717, 1.165) is 167 Å². The van der Waals surface area contributed by atoms with Gasteiger partial charge in [0.2, 0.25) is 0 Å². The van der Waals surface area contributed by atoms with Crippen molar-refractivity contribution in [2.45, 2.75) is 512 Å². The van der Waals surface area contributed by atoms with Gasteiger partial charge in [0, 0.05) is 44.6 Å². The van der Waals surface area contributed by atoms with Crippen LogP contribution in [0.1, 0.15) is 450 Å². The summed E-state index contributed by atoms with van der Waals surface area (Å²) in [7, 11) is 6.39. The van der Waals surface area contributed by atoms with Crippen molar-refractivity contribution < 1.29 is 76.1 Å². The molecule has 3 fully saturated rings. The van der Waals surface area contributed by atoms with Crippen molar-refractivity contribution in [1.82, 2.24) is 0 Å². The maximum Gasteiger partial charge on any atom is 0.332 e. The molecule has 0 aliphatic carbocycles. The molecule has 5 rings (SSSR count). The molecule has 12 unspecified atom stereocenters. The normalized spacial score (nSPS) is 18.7. The number of benzene rings is 2. The Kier molecular flexibility index (Phi) is 82.0. The fourth-order valence-corrected chi connectivity index (χ4v) is 16.4. The van der Waals surface area contributed by atoms with Gasteiger partial charge in [0.1, 0.15) is 5.75 Å². The van der Waals surface area contributed by atoms with Crippen molar-refractivity contribution in [1.29, 1.82) is 0 Å². The Morgan fingerprint density at radius 3 is 1.32 bits per heavy atom. The third-order valence-corrected chi connectivity index (χ3v) is 27.7. The van der Waals surface area contributed by atoms with Crippen LogP contribution >= 0.6 is 0 Å². The van der Waals surface area contributed by atoms with Gasteiger partial charge in [-0.25, -0.2) is 24.0 Å². The smallest absolute Gasteiger partial charge is 0.332 e. The minimum absolute atomic E-state index is 0. The summed E-state index contributed by atoms with van der Waals surface area (Å²) in [5.41, 5.74) is 12.4. The number of methoxy groups -OCH3 is 4. The quantitative estimate of drug-likeness (QED) is 0.0115. The first-order valence-electron chi connectivity index (χ1n) is 56.3. The van der Waals surface area contributed by atoms with Crippen LogP contribution in [0.15, 0.2) is 167 Å². The second kappa shape index (κ2) is 84.0. The number of hydrogen-bond acceptors (Lipinski definition) is 16. The first-order chi connectivity index (χ1) is 68.5. The highest BCUT2D eigenvalue weighted by Crippen LogP contribution is 2.44. The van der Waals surface area contributed by atoms with Gasteiger partial charge in [0.15, 0.2) is 6.10 Å². The van der Waals surface area contributed by atoms with E-state index in [1.165, 1.54) is 177 Å². The van der Waals surface area contributed by atoms with Crippen LogP contribution in [0.4, 0.5) is 0 Å². The minimum Gasteiger partial charge on any atom is -0.494 e. The van der Waals surface area contributed by atoms with Gasteiger partial charge in [0.05, 0.1) is 80.4 Å². The predicted molar refractivity (Wildman–Crippen MR) is 620 cm³/mol. The van der Waals surface area contributed by atoms with Gasteiger partial charge in [-0.2, -0.15) is 0 Å². The molecule has 3 aliphatic heterocycles. The van der Waals surface area contributed by atoms with Gasteiger partial charge in [0.25, 0.3) is 0 Å². The van der Waals surface area contributed by atoms with Gasteiger partial charge in [-0.15, -0.1) is 6.42 Å². The Hall–Kier alpha value is -7.65. The second-order valence-corrected chi connectivity index (χ2v) is 44.3. The molecule has 0 spiro atoms. The van der Waals surface area contributed by atoms with Crippen molar-refractivity contribution in [2.75, 3.05) is 41.7 Å². The van der Waals surface area contributed by atoms with E-state index in [1.54, 1.807) is 38.3 Å². The number of ether oxygens (including phenoxy) is 11. The highest BCUT2D eigenvalue weighted by Gasteiger charge is 2.50. The molecule has 0 bridgehead atoms.